The van der Waals surface area contributed by atoms with E-state index in [-0.39, 0.29) is 24.5 Å². The van der Waals surface area contributed by atoms with Crippen LogP contribution in [0.4, 0.5) is 13.2 Å². The number of ether oxygens (including phenoxy) is 2. The number of benzene rings is 1. The summed E-state index contributed by atoms with van der Waals surface area (Å²) in [5.74, 6) is 0.529. The molecule has 1 aromatic rings. The van der Waals surface area contributed by atoms with E-state index in [2.05, 4.69) is 0 Å². The molecule has 1 unspecified atom stereocenters. The normalized spacial score (nSPS) is 21.9. The van der Waals surface area contributed by atoms with Gasteiger partial charge >= 0.3 is 6.18 Å². The molecule has 1 aliphatic heterocycles. The van der Waals surface area contributed by atoms with Crippen molar-refractivity contribution in [1.29, 1.82) is 0 Å². The minimum atomic E-state index is -4.24. The van der Waals surface area contributed by atoms with Crippen molar-refractivity contribution in [3.63, 3.8) is 0 Å². The van der Waals surface area contributed by atoms with Gasteiger partial charge in [-0.2, -0.15) is 17.5 Å². The van der Waals surface area contributed by atoms with Gasteiger partial charge in [-0.1, -0.05) is 0 Å². The molecule has 1 heterocycles. The van der Waals surface area contributed by atoms with Gasteiger partial charge in [-0.05, 0) is 45.4 Å². The molecule has 0 amide bonds. The summed E-state index contributed by atoms with van der Waals surface area (Å²) in [5, 5.41) is 10.8. The third kappa shape index (κ3) is 5.09. The third-order valence-electron chi connectivity index (χ3n) is 4.75. The fourth-order valence-electron chi connectivity index (χ4n) is 3.07. The van der Waals surface area contributed by atoms with Gasteiger partial charge < -0.3 is 14.6 Å². The van der Waals surface area contributed by atoms with Gasteiger partial charge in [0.1, 0.15) is 23.2 Å². The second-order valence-corrected chi connectivity index (χ2v) is 9.60. The van der Waals surface area contributed by atoms with E-state index in [9.17, 15) is 26.7 Å². The Labute approximate surface area is 163 Å². The van der Waals surface area contributed by atoms with Crippen molar-refractivity contribution in [2.45, 2.75) is 57.5 Å². The Morgan fingerprint density at radius 2 is 1.96 bits per heavy atom. The third-order valence-corrected chi connectivity index (χ3v) is 6.59. The number of fused-ring (bicyclic) bond motifs is 1. The summed E-state index contributed by atoms with van der Waals surface area (Å²) >= 11 is 0. The first-order valence-corrected chi connectivity index (χ1v) is 10.6. The Hall–Kier alpha value is -1.52. The monoisotopic (exact) mass is 425 g/mol. The van der Waals surface area contributed by atoms with Gasteiger partial charge in [0.15, 0.2) is 0 Å². The fourth-order valence-corrected chi connectivity index (χ4v) is 4.05. The van der Waals surface area contributed by atoms with Crippen molar-refractivity contribution < 1.29 is 36.2 Å². The van der Waals surface area contributed by atoms with Gasteiger partial charge in [0.2, 0.25) is 10.0 Å². The van der Waals surface area contributed by atoms with E-state index in [1.807, 2.05) is 0 Å². The summed E-state index contributed by atoms with van der Waals surface area (Å²) in [5.41, 5.74) is -0.635. The van der Waals surface area contributed by atoms with Crippen molar-refractivity contribution in [3.8, 4) is 11.5 Å². The molecule has 2 rings (SSSR count). The number of hydrogen-bond acceptors (Lipinski definition) is 5. The summed E-state index contributed by atoms with van der Waals surface area (Å²) < 4.78 is 73.8. The summed E-state index contributed by atoms with van der Waals surface area (Å²) in [7, 11) is -2.24. The Bertz CT molecular complexity index is 795. The number of alkyl halides is 3. The second kappa shape index (κ2) is 8.08. The standard InChI is InChI=1S/C18H26F3NO5S/c1-5-28(24,25)22(4)15-13-11-12(26-10-6-9-18(19,20)21)7-8-14(13)27-17(2,3)16(15)23/h7-8,11,15-16,23H,5-6,9-10H2,1-4H3/t15-,16?/m0/s1. The number of aliphatic hydroxyl groups excluding tert-OH is 1. The predicted molar refractivity (Wildman–Crippen MR) is 97.9 cm³/mol. The molecule has 0 aromatic heterocycles. The molecule has 0 saturated heterocycles. The molecule has 10 heteroatoms. The number of likely N-dealkylation sites (N-methyl/N-ethyl adjacent to an activating group) is 1. The van der Waals surface area contributed by atoms with Crippen molar-refractivity contribution in [1.82, 2.24) is 4.31 Å². The first kappa shape index (κ1) is 22.8. The minimum Gasteiger partial charge on any atom is -0.494 e. The van der Waals surface area contributed by atoms with Gasteiger partial charge in [0, 0.05) is 19.0 Å². The SMILES string of the molecule is CCS(=O)(=O)N(C)[C@H]1c2cc(OCCCC(F)(F)F)ccc2OC(C)(C)C1O. The van der Waals surface area contributed by atoms with Gasteiger partial charge in [0.25, 0.3) is 0 Å². The Balaban J connectivity index is 2.31. The highest BCUT2D eigenvalue weighted by Crippen LogP contribution is 2.44. The minimum absolute atomic E-state index is 0.138. The van der Waals surface area contributed by atoms with Crippen LogP contribution in [0.2, 0.25) is 0 Å². The maximum Gasteiger partial charge on any atom is 0.389 e. The molecule has 1 N–H and O–H groups in total. The Kier molecular flexibility index (Phi) is 6.57. The zero-order valence-corrected chi connectivity index (χ0v) is 17.1. The molecule has 160 valence electrons. The summed E-state index contributed by atoms with van der Waals surface area (Å²) in [6.45, 7) is 4.67. The molecule has 0 radical (unpaired) electrons. The molecule has 6 nitrogen and oxygen atoms in total. The first-order chi connectivity index (χ1) is 12.8. The van der Waals surface area contributed by atoms with Crippen LogP contribution >= 0.6 is 0 Å². The lowest BCUT2D eigenvalue weighted by molar-refractivity contribution is -0.136. The Morgan fingerprint density at radius 1 is 1.32 bits per heavy atom. The van der Waals surface area contributed by atoms with Crippen molar-refractivity contribution in [2.24, 2.45) is 0 Å². The second-order valence-electron chi connectivity index (χ2n) is 7.28. The van der Waals surface area contributed by atoms with Crippen molar-refractivity contribution in [2.75, 3.05) is 19.4 Å². The lowest BCUT2D eigenvalue weighted by Crippen LogP contribution is -2.54. The molecule has 0 bridgehead atoms. The van der Waals surface area contributed by atoms with Crippen LogP contribution in [0.25, 0.3) is 0 Å². The van der Waals surface area contributed by atoms with Crippen LogP contribution < -0.4 is 9.47 Å². The Morgan fingerprint density at radius 3 is 2.54 bits per heavy atom. The number of rotatable bonds is 7. The molecule has 1 aromatic carbocycles. The molecule has 0 saturated carbocycles. The van der Waals surface area contributed by atoms with Crippen LogP contribution in [0.1, 0.15) is 45.2 Å². The smallest absolute Gasteiger partial charge is 0.389 e. The topological polar surface area (TPSA) is 76.1 Å². The van der Waals surface area contributed by atoms with Crippen LogP contribution in [0.3, 0.4) is 0 Å². The number of sulfonamides is 1. The van der Waals surface area contributed by atoms with E-state index in [1.54, 1.807) is 26.0 Å². The molecule has 2 atom stereocenters. The highest BCUT2D eigenvalue weighted by molar-refractivity contribution is 7.89. The zero-order chi connectivity index (χ0) is 21.3. The van der Waals surface area contributed by atoms with Crippen LogP contribution in [0, 0.1) is 0 Å². The summed E-state index contributed by atoms with van der Waals surface area (Å²) in [6, 6.07) is 3.71. The van der Waals surface area contributed by atoms with Crippen LogP contribution in [-0.2, 0) is 10.0 Å². The average molecular weight is 425 g/mol. The molecule has 28 heavy (non-hydrogen) atoms. The summed E-state index contributed by atoms with van der Waals surface area (Å²) in [6.07, 6.45) is -6.55. The van der Waals surface area contributed by atoms with E-state index in [0.29, 0.717) is 11.3 Å². The molecule has 0 spiro atoms. The number of nitrogens with zero attached hydrogens (tertiary/aromatic N) is 1. The van der Waals surface area contributed by atoms with Crippen LogP contribution in [0.15, 0.2) is 18.2 Å². The zero-order valence-electron chi connectivity index (χ0n) is 16.3. The highest BCUT2D eigenvalue weighted by Gasteiger charge is 2.47. The van der Waals surface area contributed by atoms with Crippen LogP contribution in [0.5, 0.6) is 11.5 Å². The number of halogens is 3. The molecular weight excluding hydrogens is 399 g/mol. The van der Waals surface area contributed by atoms with Gasteiger partial charge in [-0.25, -0.2) is 8.42 Å². The molecule has 0 fully saturated rings. The number of aliphatic hydroxyl groups is 1. The van der Waals surface area contributed by atoms with E-state index < -0.39 is 40.4 Å². The molecular formula is C18H26F3NO5S. The molecule has 1 aliphatic rings. The first-order valence-electron chi connectivity index (χ1n) is 8.95. The lowest BCUT2D eigenvalue weighted by Gasteiger charge is -2.44. The van der Waals surface area contributed by atoms with E-state index in [0.717, 1.165) is 4.31 Å². The van der Waals surface area contributed by atoms with E-state index in [1.165, 1.54) is 20.0 Å². The highest BCUT2D eigenvalue weighted by atomic mass is 32.2. The largest absolute Gasteiger partial charge is 0.494 e. The van der Waals surface area contributed by atoms with Gasteiger partial charge in [0.05, 0.1) is 18.4 Å². The van der Waals surface area contributed by atoms with Gasteiger partial charge in [-0.15, -0.1) is 0 Å². The summed E-state index contributed by atoms with van der Waals surface area (Å²) in [4.78, 5) is 0. The van der Waals surface area contributed by atoms with Gasteiger partial charge in [-0.3, -0.25) is 0 Å². The quantitative estimate of drug-likeness (QED) is 0.679. The van der Waals surface area contributed by atoms with E-state index in [4.69, 9.17) is 9.47 Å². The van der Waals surface area contributed by atoms with Crippen LogP contribution in [-0.4, -0.2) is 55.1 Å². The number of hydrogen-bond donors (Lipinski definition) is 1. The maximum absolute atomic E-state index is 12.4. The maximum atomic E-state index is 12.4. The lowest BCUT2D eigenvalue weighted by atomic mass is 9.86. The van der Waals surface area contributed by atoms with E-state index >= 15 is 0 Å². The molecule has 0 aliphatic carbocycles. The fraction of sp³-hybridized carbons (Fsp3) is 0.667. The van der Waals surface area contributed by atoms with Crippen molar-refractivity contribution >= 4 is 10.0 Å². The average Bonchev–Trinajstić information content (AvgIpc) is 2.58. The predicted octanol–water partition coefficient (Wildman–Crippen LogP) is 3.26. The van der Waals surface area contributed by atoms with Crippen molar-refractivity contribution in [3.05, 3.63) is 23.8 Å².